The molecule has 2 aromatic rings. The first-order valence-electron chi connectivity index (χ1n) is 5.39. The fraction of sp³-hybridized carbons (Fsp3) is 0.500. The summed E-state index contributed by atoms with van der Waals surface area (Å²) in [6, 6.07) is 0. The van der Waals surface area contributed by atoms with Gasteiger partial charge in [0.05, 0.1) is 11.4 Å². The lowest BCUT2D eigenvalue weighted by Crippen LogP contribution is -1.71. The van der Waals surface area contributed by atoms with E-state index in [0.717, 1.165) is 23.0 Å². The molecule has 0 aromatic carbocycles. The molecular weight excluding hydrogens is 267 g/mol. The van der Waals surface area contributed by atoms with Gasteiger partial charge < -0.3 is 9.97 Å². The van der Waals surface area contributed by atoms with E-state index >= 15 is 0 Å². The summed E-state index contributed by atoms with van der Waals surface area (Å²) in [5, 5.41) is 0. The van der Waals surface area contributed by atoms with Gasteiger partial charge in [-0.15, -0.1) is 12.4 Å². The Morgan fingerprint density at radius 1 is 0.667 bits per heavy atom. The van der Waals surface area contributed by atoms with E-state index < -0.39 is 0 Å². The van der Waals surface area contributed by atoms with Crippen LogP contribution >= 0.6 is 22.3 Å². The maximum Gasteiger partial charge on any atom is 0.103 e. The van der Waals surface area contributed by atoms with Crippen molar-refractivity contribution in [3.05, 3.63) is 34.4 Å². The predicted octanol–water partition coefficient (Wildman–Crippen LogP) is 3.15. The van der Waals surface area contributed by atoms with Crippen LogP contribution in [0.1, 0.15) is 34.4 Å². The first-order valence-corrected chi connectivity index (χ1v) is 5.39. The van der Waals surface area contributed by atoms with Crippen LogP contribution in [0.3, 0.4) is 0 Å². The van der Waals surface area contributed by atoms with E-state index in [0.29, 0.717) is 0 Å². The topological polar surface area (TPSA) is 57.4 Å². The molecule has 0 fully saturated rings. The second-order valence-corrected chi connectivity index (χ2v) is 4.07. The van der Waals surface area contributed by atoms with Crippen molar-refractivity contribution in [1.29, 1.82) is 0 Å². The summed E-state index contributed by atoms with van der Waals surface area (Å²) in [7, 11) is 0. The molecule has 1 atom stereocenters. The normalized spacial score (nSPS) is 8.78. The number of halogens is 1. The minimum Gasteiger partial charge on any atom is -0.346 e. The number of nitrogens with zero attached hydrogens (tertiary/aromatic N) is 2. The summed E-state index contributed by atoms with van der Waals surface area (Å²) in [6.45, 7) is 12.0. The van der Waals surface area contributed by atoms with Gasteiger partial charge in [0.1, 0.15) is 11.6 Å². The number of hydrogen-bond acceptors (Lipinski definition) is 2. The first-order chi connectivity index (χ1) is 7.40. The van der Waals surface area contributed by atoms with E-state index in [1.807, 2.05) is 41.5 Å². The van der Waals surface area contributed by atoms with Crippen LogP contribution in [0.5, 0.6) is 0 Å². The molecule has 2 rings (SSSR count). The summed E-state index contributed by atoms with van der Waals surface area (Å²) in [5.41, 5.74) is 4.54. The molecule has 0 amide bonds. The van der Waals surface area contributed by atoms with Crippen LogP contribution in [-0.2, 0) is 0 Å². The van der Waals surface area contributed by atoms with Crippen molar-refractivity contribution in [2.75, 3.05) is 0 Å². The quantitative estimate of drug-likeness (QED) is 0.732. The van der Waals surface area contributed by atoms with Crippen molar-refractivity contribution >= 4 is 22.3 Å². The molecule has 1 unspecified atom stereocenters. The Labute approximate surface area is 118 Å². The molecule has 0 radical (unpaired) electrons. The third kappa shape index (κ3) is 5.65. The Balaban J connectivity index is 0. The van der Waals surface area contributed by atoms with Gasteiger partial charge in [0.25, 0.3) is 0 Å². The third-order valence-corrected chi connectivity index (χ3v) is 2.49. The van der Waals surface area contributed by atoms with Crippen molar-refractivity contribution in [2.24, 2.45) is 0 Å². The molecular formula is C12H24ClN4P. The molecule has 6 heteroatoms. The van der Waals surface area contributed by atoms with E-state index in [1.54, 1.807) is 0 Å². The Hall–Kier alpha value is -0.860. The average Bonchev–Trinajstić information content (AvgIpc) is 2.58. The smallest absolute Gasteiger partial charge is 0.103 e. The Kier molecular flexibility index (Phi) is 8.96. The number of rotatable bonds is 0. The number of nitrogens with one attached hydrogen (secondary N) is 2. The Bertz CT molecular complexity index is 393. The lowest BCUT2D eigenvalue weighted by Gasteiger charge is -1.79. The molecule has 2 heterocycles. The SMILES string of the molecule is Cc1nc(C)c(C)[nH]1.Cc1nc(C)c(C)[nH]1.Cl.P. The molecule has 2 aromatic heterocycles. The lowest BCUT2D eigenvalue weighted by molar-refractivity contribution is 1.12. The summed E-state index contributed by atoms with van der Waals surface area (Å²) in [5.74, 6) is 2.00. The molecule has 104 valence electrons. The Morgan fingerprint density at radius 3 is 1.00 bits per heavy atom. The lowest BCUT2D eigenvalue weighted by atomic mass is 10.4. The highest BCUT2D eigenvalue weighted by Crippen LogP contribution is 2.00. The average molecular weight is 291 g/mol. The maximum atomic E-state index is 4.16. The summed E-state index contributed by atoms with van der Waals surface area (Å²) in [4.78, 5) is 14.5. The van der Waals surface area contributed by atoms with E-state index in [1.165, 1.54) is 11.4 Å². The van der Waals surface area contributed by atoms with E-state index in [4.69, 9.17) is 0 Å². The van der Waals surface area contributed by atoms with Crippen molar-refractivity contribution in [2.45, 2.75) is 41.5 Å². The van der Waals surface area contributed by atoms with Gasteiger partial charge in [-0.2, -0.15) is 9.90 Å². The standard InChI is InChI=1S/2C6H10N2.ClH.H3P/c2*1-4-5(2)8-6(3)7-4;;/h2*1-3H3,(H,7,8);1H;1H3. The highest BCUT2D eigenvalue weighted by atomic mass is 35.5. The van der Waals surface area contributed by atoms with E-state index in [2.05, 4.69) is 19.9 Å². The second kappa shape index (κ2) is 8.28. The molecule has 4 nitrogen and oxygen atoms in total. The fourth-order valence-corrected chi connectivity index (χ4v) is 1.45. The summed E-state index contributed by atoms with van der Waals surface area (Å²) in [6.07, 6.45) is 0. The summed E-state index contributed by atoms with van der Waals surface area (Å²) >= 11 is 0. The van der Waals surface area contributed by atoms with Gasteiger partial charge in [0.15, 0.2) is 0 Å². The number of H-pyrrole nitrogens is 2. The van der Waals surface area contributed by atoms with Crippen LogP contribution in [0.4, 0.5) is 0 Å². The van der Waals surface area contributed by atoms with Crippen LogP contribution in [0, 0.1) is 41.5 Å². The van der Waals surface area contributed by atoms with Crippen LogP contribution in [0.15, 0.2) is 0 Å². The van der Waals surface area contributed by atoms with E-state index in [9.17, 15) is 0 Å². The minimum atomic E-state index is 0. The molecule has 0 saturated heterocycles. The highest BCUT2D eigenvalue weighted by Gasteiger charge is 1.94. The molecule has 0 aliphatic rings. The van der Waals surface area contributed by atoms with Crippen molar-refractivity contribution in [3.8, 4) is 0 Å². The summed E-state index contributed by atoms with van der Waals surface area (Å²) < 4.78 is 0. The zero-order valence-electron chi connectivity index (χ0n) is 12.0. The van der Waals surface area contributed by atoms with Crippen LogP contribution in [0.25, 0.3) is 0 Å². The van der Waals surface area contributed by atoms with Crippen molar-refractivity contribution in [3.63, 3.8) is 0 Å². The second-order valence-electron chi connectivity index (χ2n) is 4.07. The van der Waals surface area contributed by atoms with Crippen LogP contribution in [0.2, 0.25) is 0 Å². The number of aromatic nitrogens is 4. The van der Waals surface area contributed by atoms with Crippen molar-refractivity contribution in [1.82, 2.24) is 19.9 Å². The Morgan fingerprint density at radius 2 is 0.944 bits per heavy atom. The number of imidazole rings is 2. The van der Waals surface area contributed by atoms with Gasteiger partial charge in [0.2, 0.25) is 0 Å². The first kappa shape index (κ1) is 19.5. The van der Waals surface area contributed by atoms with Gasteiger partial charge in [-0.25, -0.2) is 9.97 Å². The van der Waals surface area contributed by atoms with Gasteiger partial charge in [-0.3, -0.25) is 0 Å². The minimum absolute atomic E-state index is 0. The zero-order valence-corrected chi connectivity index (χ0v) is 14.2. The van der Waals surface area contributed by atoms with Gasteiger partial charge >= 0.3 is 0 Å². The molecule has 2 N–H and O–H groups in total. The fourth-order valence-electron chi connectivity index (χ4n) is 1.45. The van der Waals surface area contributed by atoms with Crippen LogP contribution in [-0.4, -0.2) is 19.9 Å². The molecule has 0 spiro atoms. The van der Waals surface area contributed by atoms with Gasteiger partial charge in [0, 0.05) is 11.4 Å². The third-order valence-electron chi connectivity index (χ3n) is 2.49. The van der Waals surface area contributed by atoms with Crippen LogP contribution < -0.4 is 0 Å². The zero-order chi connectivity index (χ0) is 12.3. The maximum absolute atomic E-state index is 4.16. The molecule has 0 aliphatic carbocycles. The molecule has 0 aliphatic heterocycles. The monoisotopic (exact) mass is 290 g/mol. The van der Waals surface area contributed by atoms with E-state index in [-0.39, 0.29) is 22.3 Å². The largest absolute Gasteiger partial charge is 0.346 e. The molecule has 0 saturated carbocycles. The number of hydrogen-bond donors (Lipinski definition) is 2. The van der Waals surface area contributed by atoms with Gasteiger partial charge in [-0.1, -0.05) is 0 Å². The number of aromatic amines is 2. The molecule has 18 heavy (non-hydrogen) atoms. The predicted molar refractivity (Wildman–Crippen MR) is 84.0 cm³/mol. The van der Waals surface area contributed by atoms with Crippen molar-refractivity contribution < 1.29 is 0 Å². The molecule has 0 bridgehead atoms. The van der Waals surface area contributed by atoms with Gasteiger partial charge in [-0.05, 0) is 41.5 Å². The highest BCUT2D eigenvalue weighted by molar-refractivity contribution is 6.92. The number of aryl methyl sites for hydroxylation is 6.